The molecule has 21 heavy (non-hydrogen) atoms. The van der Waals surface area contributed by atoms with Gasteiger partial charge in [-0.2, -0.15) is 0 Å². The van der Waals surface area contributed by atoms with Crippen LogP contribution in [0.4, 0.5) is 4.79 Å². The van der Waals surface area contributed by atoms with E-state index in [9.17, 15) is 9.59 Å². The number of carbonyl (C=O) groups is 2. The van der Waals surface area contributed by atoms with E-state index in [1.54, 1.807) is 4.90 Å². The molecule has 2 amide bonds. The molecule has 0 bridgehead atoms. The highest BCUT2D eigenvalue weighted by atomic mass is 16.4. The molecular formula is C15H27N3O3. The Morgan fingerprint density at radius 2 is 2.00 bits per heavy atom. The zero-order valence-electron chi connectivity index (χ0n) is 13.1. The van der Waals surface area contributed by atoms with Gasteiger partial charge >= 0.3 is 12.0 Å². The summed E-state index contributed by atoms with van der Waals surface area (Å²) in [6.07, 6.45) is 3.97. The predicted molar refractivity (Wildman–Crippen MR) is 80.3 cm³/mol. The second-order valence-electron chi connectivity index (χ2n) is 6.22. The van der Waals surface area contributed by atoms with Crippen molar-refractivity contribution in [2.75, 3.05) is 33.2 Å². The zero-order chi connectivity index (χ0) is 15.4. The molecular weight excluding hydrogens is 270 g/mol. The Bertz CT molecular complexity index is 384. The van der Waals surface area contributed by atoms with Gasteiger partial charge in [-0.25, -0.2) is 4.79 Å². The number of amides is 2. The summed E-state index contributed by atoms with van der Waals surface area (Å²) in [5.74, 6) is -0.837. The average Bonchev–Trinajstić information content (AvgIpc) is 3.25. The van der Waals surface area contributed by atoms with Crippen LogP contribution in [0.5, 0.6) is 0 Å². The van der Waals surface area contributed by atoms with Crippen LogP contribution in [0.2, 0.25) is 0 Å². The first kappa shape index (κ1) is 16.1. The number of carboxylic acids is 1. The van der Waals surface area contributed by atoms with E-state index in [2.05, 4.69) is 18.9 Å². The maximum atomic E-state index is 12.9. The lowest BCUT2D eigenvalue weighted by atomic mass is 10.2. The van der Waals surface area contributed by atoms with Crippen LogP contribution in [0.3, 0.4) is 0 Å². The number of aliphatic carboxylic acids is 1. The summed E-state index contributed by atoms with van der Waals surface area (Å²) >= 11 is 0. The van der Waals surface area contributed by atoms with E-state index in [4.69, 9.17) is 5.11 Å². The first-order valence-electron chi connectivity index (χ1n) is 8.00. The smallest absolute Gasteiger partial charge is 0.320 e. The van der Waals surface area contributed by atoms with Crippen molar-refractivity contribution in [3.8, 4) is 0 Å². The van der Waals surface area contributed by atoms with Crippen LogP contribution in [0.25, 0.3) is 0 Å². The fourth-order valence-corrected chi connectivity index (χ4v) is 3.05. The third kappa shape index (κ3) is 4.33. The molecule has 1 aliphatic heterocycles. The Morgan fingerprint density at radius 1 is 1.29 bits per heavy atom. The highest BCUT2D eigenvalue weighted by Gasteiger charge is 2.37. The average molecular weight is 297 g/mol. The molecule has 0 spiro atoms. The van der Waals surface area contributed by atoms with E-state index in [1.165, 1.54) is 0 Å². The van der Waals surface area contributed by atoms with Crippen molar-refractivity contribution in [2.24, 2.45) is 0 Å². The third-order valence-corrected chi connectivity index (χ3v) is 4.42. The Morgan fingerprint density at radius 3 is 2.57 bits per heavy atom. The number of hydrogen-bond donors (Lipinski definition) is 1. The summed E-state index contributed by atoms with van der Waals surface area (Å²) in [4.78, 5) is 29.7. The summed E-state index contributed by atoms with van der Waals surface area (Å²) in [6, 6.07) is 0.535. The number of carbonyl (C=O) groups excluding carboxylic acids is 1. The molecule has 2 rings (SSSR count). The van der Waals surface area contributed by atoms with Gasteiger partial charge in [0.15, 0.2) is 0 Å². The Balaban J connectivity index is 2.04. The zero-order valence-corrected chi connectivity index (χ0v) is 13.1. The first-order chi connectivity index (χ1) is 10.0. The van der Waals surface area contributed by atoms with Gasteiger partial charge in [0, 0.05) is 31.7 Å². The van der Waals surface area contributed by atoms with Gasteiger partial charge in [-0.1, -0.05) is 6.92 Å². The fraction of sp³-hybridized carbons (Fsp3) is 0.867. The second kappa shape index (κ2) is 7.11. The summed E-state index contributed by atoms with van der Waals surface area (Å²) in [5, 5.41) is 8.88. The van der Waals surface area contributed by atoms with Crippen LogP contribution in [0, 0.1) is 0 Å². The van der Waals surface area contributed by atoms with Crippen molar-refractivity contribution in [3.05, 3.63) is 0 Å². The lowest BCUT2D eigenvalue weighted by molar-refractivity contribution is -0.137. The summed E-state index contributed by atoms with van der Waals surface area (Å²) < 4.78 is 0. The highest BCUT2D eigenvalue weighted by molar-refractivity contribution is 5.76. The minimum Gasteiger partial charge on any atom is -0.481 e. The van der Waals surface area contributed by atoms with E-state index in [-0.39, 0.29) is 24.5 Å². The van der Waals surface area contributed by atoms with Crippen LogP contribution < -0.4 is 0 Å². The van der Waals surface area contributed by atoms with Gasteiger partial charge < -0.3 is 19.8 Å². The number of urea groups is 1. The molecule has 6 nitrogen and oxygen atoms in total. The number of nitrogens with zero attached hydrogens (tertiary/aromatic N) is 3. The minimum absolute atomic E-state index is 0.0345. The van der Waals surface area contributed by atoms with Gasteiger partial charge in [0.05, 0.1) is 6.42 Å². The molecule has 2 aliphatic rings. The molecule has 1 N–H and O–H groups in total. The number of hydrogen-bond acceptors (Lipinski definition) is 3. The van der Waals surface area contributed by atoms with Gasteiger partial charge in [-0.3, -0.25) is 4.79 Å². The molecule has 6 heteroatoms. The van der Waals surface area contributed by atoms with Gasteiger partial charge in [0.1, 0.15) is 0 Å². The number of rotatable bonds is 5. The first-order valence-corrected chi connectivity index (χ1v) is 8.00. The van der Waals surface area contributed by atoms with Gasteiger partial charge in [-0.05, 0) is 39.3 Å². The van der Waals surface area contributed by atoms with Crippen molar-refractivity contribution < 1.29 is 14.7 Å². The highest BCUT2D eigenvalue weighted by Crippen LogP contribution is 2.29. The van der Waals surface area contributed by atoms with Gasteiger partial charge in [0.25, 0.3) is 0 Å². The molecule has 1 saturated heterocycles. The molecule has 0 radical (unpaired) electrons. The summed E-state index contributed by atoms with van der Waals surface area (Å²) in [5.41, 5.74) is 0. The van der Waals surface area contributed by atoms with Crippen molar-refractivity contribution in [3.63, 3.8) is 0 Å². The molecule has 1 atom stereocenters. The maximum Gasteiger partial charge on any atom is 0.320 e. The number of carboxylic acid groups (broad SMARTS) is 1. The van der Waals surface area contributed by atoms with E-state index >= 15 is 0 Å². The number of likely N-dealkylation sites (N-methyl/N-ethyl adjacent to an activating group) is 1. The Labute approximate surface area is 126 Å². The predicted octanol–water partition coefficient (Wildman–Crippen LogP) is 1.46. The van der Waals surface area contributed by atoms with Gasteiger partial charge in [-0.15, -0.1) is 0 Å². The van der Waals surface area contributed by atoms with Gasteiger partial charge in [0.2, 0.25) is 0 Å². The van der Waals surface area contributed by atoms with E-state index < -0.39 is 5.97 Å². The summed E-state index contributed by atoms with van der Waals surface area (Å²) in [7, 11) is 2.10. The molecule has 1 unspecified atom stereocenters. The van der Waals surface area contributed by atoms with Crippen molar-refractivity contribution in [1.82, 2.24) is 14.7 Å². The van der Waals surface area contributed by atoms with Crippen molar-refractivity contribution in [1.29, 1.82) is 0 Å². The van der Waals surface area contributed by atoms with Crippen LogP contribution in [0.15, 0.2) is 0 Å². The molecule has 1 aliphatic carbocycles. The second-order valence-corrected chi connectivity index (χ2v) is 6.22. The molecule has 0 aromatic heterocycles. The monoisotopic (exact) mass is 297 g/mol. The topological polar surface area (TPSA) is 64.1 Å². The summed E-state index contributed by atoms with van der Waals surface area (Å²) in [6.45, 7) is 5.14. The molecule has 1 saturated carbocycles. The lowest BCUT2D eigenvalue weighted by Crippen LogP contribution is -2.51. The van der Waals surface area contributed by atoms with E-state index in [0.717, 1.165) is 45.3 Å². The van der Waals surface area contributed by atoms with Crippen molar-refractivity contribution in [2.45, 2.75) is 51.1 Å². The van der Waals surface area contributed by atoms with Crippen LogP contribution in [-0.2, 0) is 4.79 Å². The van der Waals surface area contributed by atoms with Crippen LogP contribution in [0.1, 0.15) is 39.0 Å². The SMILES string of the molecule is CCC1CN(C)CCCN1C(=O)N(CCC(=O)O)C1CC1. The third-order valence-electron chi connectivity index (χ3n) is 4.42. The Kier molecular flexibility index (Phi) is 5.45. The Hall–Kier alpha value is -1.30. The quantitative estimate of drug-likeness (QED) is 0.834. The lowest BCUT2D eigenvalue weighted by Gasteiger charge is -2.35. The van der Waals surface area contributed by atoms with Crippen molar-refractivity contribution >= 4 is 12.0 Å². The van der Waals surface area contributed by atoms with E-state index in [0.29, 0.717) is 6.54 Å². The molecule has 120 valence electrons. The normalized spacial score (nSPS) is 23.7. The maximum absolute atomic E-state index is 12.9. The largest absolute Gasteiger partial charge is 0.481 e. The molecule has 0 aromatic carbocycles. The molecule has 0 aromatic rings. The fourth-order valence-electron chi connectivity index (χ4n) is 3.05. The van der Waals surface area contributed by atoms with E-state index in [1.807, 2.05) is 4.90 Å². The van der Waals surface area contributed by atoms with Crippen LogP contribution >= 0.6 is 0 Å². The molecule has 2 fully saturated rings. The molecule has 1 heterocycles. The standard InChI is InChI=1S/C15H27N3O3/c1-3-12-11-16(2)8-4-9-17(12)15(21)18(13-5-6-13)10-7-14(19)20/h12-13H,3-11H2,1-2H3,(H,19,20). The minimum atomic E-state index is -0.837. The van der Waals surface area contributed by atoms with Crippen LogP contribution in [-0.4, -0.2) is 77.1 Å².